The van der Waals surface area contributed by atoms with Crippen LogP contribution in [-0.2, 0) is 4.74 Å². The van der Waals surface area contributed by atoms with Crippen molar-refractivity contribution < 1.29 is 25.2 Å². The molecule has 2 unspecified atom stereocenters. The number of hydrogen-bond acceptors (Lipinski definition) is 5. The molecule has 14 heavy (non-hydrogen) atoms. The van der Waals surface area contributed by atoms with Crippen LogP contribution in [0.25, 0.3) is 0 Å². The highest BCUT2D eigenvalue weighted by atomic mass is 16.5. The first-order valence-corrected chi connectivity index (χ1v) is 4.55. The molecule has 0 saturated heterocycles. The lowest BCUT2D eigenvalue weighted by atomic mass is 9.96. The van der Waals surface area contributed by atoms with Crippen LogP contribution in [0.1, 0.15) is 13.8 Å². The van der Waals surface area contributed by atoms with Gasteiger partial charge in [0.25, 0.3) is 0 Å². The Morgan fingerprint density at radius 3 is 2.29 bits per heavy atom. The molecule has 1 aliphatic heterocycles. The van der Waals surface area contributed by atoms with Crippen LogP contribution in [0.15, 0.2) is 11.5 Å². The summed E-state index contributed by atoms with van der Waals surface area (Å²) in [6, 6.07) is 0. The van der Waals surface area contributed by atoms with Crippen molar-refractivity contribution in [1.29, 1.82) is 0 Å². The molecule has 0 aromatic heterocycles. The lowest BCUT2D eigenvalue weighted by Crippen LogP contribution is -2.45. The van der Waals surface area contributed by atoms with E-state index in [-0.39, 0.29) is 5.92 Å². The first kappa shape index (κ1) is 11.3. The van der Waals surface area contributed by atoms with E-state index in [0.717, 1.165) is 0 Å². The van der Waals surface area contributed by atoms with Crippen molar-refractivity contribution >= 4 is 0 Å². The zero-order valence-corrected chi connectivity index (χ0v) is 8.21. The molecule has 1 aliphatic rings. The number of hydrogen-bond donors (Lipinski definition) is 4. The van der Waals surface area contributed by atoms with Gasteiger partial charge in [-0.15, -0.1) is 0 Å². The van der Waals surface area contributed by atoms with Crippen LogP contribution in [0.2, 0.25) is 0 Å². The highest BCUT2D eigenvalue weighted by Gasteiger charge is 2.38. The Morgan fingerprint density at radius 1 is 1.29 bits per heavy atom. The van der Waals surface area contributed by atoms with Crippen molar-refractivity contribution in [2.24, 2.45) is 5.92 Å². The van der Waals surface area contributed by atoms with Gasteiger partial charge in [0.05, 0.1) is 12.7 Å². The van der Waals surface area contributed by atoms with Gasteiger partial charge in [0.2, 0.25) is 0 Å². The normalized spacial score (nSPS) is 33.9. The minimum Gasteiger partial charge on any atom is -0.506 e. The molecule has 4 N–H and O–H groups in total. The molecule has 0 saturated carbocycles. The number of aliphatic hydroxyl groups excluding tert-OH is 4. The fourth-order valence-electron chi connectivity index (χ4n) is 1.45. The minimum atomic E-state index is -1.22. The summed E-state index contributed by atoms with van der Waals surface area (Å²) < 4.78 is 5.22. The first-order valence-electron chi connectivity index (χ1n) is 4.55. The molecule has 0 aromatic carbocycles. The molecule has 1 rings (SSSR count). The number of ether oxygens (including phenoxy) is 1. The third kappa shape index (κ3) is 1.84. The lowest BCUT2D eigenvalue weighted by Gasteiger charge is -2.34. The summed E-state index contributed by atoms with van der Waals surface area (Å²) in [6.07, 6.45) is -2.77. The molecule has 0 bridgehead atoms. The molecule has 5 heteroatoms. The molecule has 0 fully saturated rings. The molecule has 82 valence electrons. The zero-order chi connectivity index (χ0) is 10.9. The van der Waals surface area contributed by atoms with Crippen molar-refractivity contribution in [1.82, 2.24) is 0 Å². The SMILES string of the molecule is CC(C)[C@@H]1OC(CO)C(O)=C(O)C1O. The summed E-state index contributed by atoms with van der Waals surface area (Å²) in [6.45, 7) is 3.21. The largest absolute Gasteiger partial charge is 0.506 e. The Morgan fingerprint density at radius 2 is 1.86 bits per heavy atom. The molecular formula is C9H16O5. The van der Waals surface area contributed by atoms with Crippen LogP contribution in [0.4, 0.5) is 0 Å². The molecule has 0 amide bonds. The molecular weight excluding hydrogens is 188 g/mol. The lowest BCUT2D eigenvalue weighted by molar-refractivity contribution is -0.129. The molecule has 1 heterocycles. The molecule has 0 radical (unpaired) electrons. The molecule has 0 aliphatic carbocycles. The van der Waals surface area contributed by atoms with Crippen molar-refractivity contribution in [2.45, 2.75) is 32.2 Å². The van der Waals surface area contributed by atoms with Crippen molar-refractivity contribution in [3.63, 3.8) is 0 Å². The fraction of sp³-hybridized carbons (Fsp3) is 0.778. The van der Waals surface area contributed by atoms with Gasteiger partial charge in [-0.25, -0.2) is 0 Å². The predicted molar refractivity (Wildman–Crippen MR) is 48.9 cm³/mol. The Kier molecular flexibility index (Phi) is 3.36. The maximum Gasteiger partial charge on any atom is 0.164 e. The second kappa shape index (κ2) is 4.16. The highest BCUT2D eigenvalue weighted by Crippen LogP contribution is 2.26. The van der Waals surface area contributed by atoms with Gasteiger partial charge >= 0.3 is 0 Å². The highest BCUT2D eigenvalue weighted by molar-refractivity contribution is 5.14. The Bertz CT molecular complexity index is 235. The third-order valence-corrected chi connectivity index (χ3v) is 2.30. The smallest absolute Gasteiger partial charge is 0.164 e. The Balaban J connectivity index is 2.91. The minimum absolute atomic E-state index is 0.0192. The predicted octanol–water partition coefficient (Wildman–Crippen LogP) is 0.0906. The third-order valence-electron chi connectivity index (χ3n) is 2.30. The zero-order valence-electron chi connectivity index (χ0n) is 8.21. The second-order valence-corrected chi connectivity index (χ2v) is 3.73. The van der Waals surface area contributed by atoms with E-state index in [4.69, 9.17) is 9.84 Å². The average molecular weight is 204 g/mol. The van der Waals surface area contributed by atoms with Gasteiger partial charge in [-0.05, 0) is 5.92 Å². The van der Waals surface area contributed by atoms with Crippen molar-refractivity contribution in [3.05, 3.63) is 11.5 Å². The summed E-state index contributed by atoms with van der Waals surface area (Å²) >= 11 is 0. The number of aliphatic hydroxyl groups is 4. The summed E-state index contributed by atoms with van der Waals surface area (Å²) in [7, 11) is 0. The van der Waals surface area contributed by atoms with Gasteiger partial charge in [0.15, 0.2) is 11.5 Å². The topological polar surface area (TPSA) is 90.2 Å². The van der Waals surface area contributed by atoms with Crippen molar-refractivity contribution in [2.75, 3.05) is 6.61 Å². The van der Waals surface area contributed by atoms with E-state index in [2.05, 4.69) is 0 Å². The maximum atomic E-state index is 9.52. The van der Waals surface area contributed by atoms with Gasteiger partial charge in [0, 0.05) is 0 Å². The fourth-order valence-corrected chi connectivity index (χ4v) is 1.45. The summed E-state index contributed by atoms with van der Waals surface area (Å²) in [5.41, 5.74) is 0. The van der Waals surface area contributed by atoms with Crippen LogP contribution in [0.3, 0.4) is 0 Å². The van der Waals surface area contributed by atoms with Crippen LogP contribution in [0, 0.1) is 5.92 Å². The van der Waals surface area contributed by atoms with Crippen LogP contribution < -0.4 is 0 Å². The van der Waals surface area contributed by atoms with E-state index < -0.39 is 36.4 Å². The second-order valence-electron chi connectivity index (χ2n) is 3.73. The quantitative estimate of drug-likeness (QED) is 0.512. The summed E-state index contributed by atoms with van der Waals surface area (Å²) in [4.78, 5) is 0. The van der Waals surface area contributed by atoms with Crippen LogP contribution in [0.5, 0.6) is 0 Å². The Labute approximate surface area is 82.3 Å². The first-order chi connectivity index (χ1) is 6.49. The molecule has 0 spiro atoms. The maximum absolute atomic E-state index is 9.52. The van der Waals surface area contributed by atoms with E-state index in [0.29, 0.717) is 0 Å². The Hall–Kier alpha value is -0.780. The summed E-state index contributed by atoms with van der Waals surface area (Å²) in [5.74, 6) is -1.01. The molecule has 5 nitrogen and oxygen atoms in total. The average Bonchev–Trinajstić information content (AvgIpc) is 2.14. The van der Waals surface area contributed by atoms with Crippen LogP contribution >= 0.6 is 0 Å². The molecule has 0 aromatic rings. The number of rotatable bonds is 2. The van der Waals surface area contributed by atoms with Gasteiger partial charge < -0.3 is 25.2 Å². The van der Waals surface area contributed by atoms with E-state index in [9.17, 15) is 15.3 Å². The van der Waals surface area contributed by atoms with E-state index >= 15 is 0 Å². The van der Waals surface area contributed by atoms with E-state index in [1.54, 1.807) is 0 Å². The van der Waals surface area contributed by atoms with E-state index in [1.807, 2.05) is 13.8 Å². The molecule has 3 atom stereocenters. The van der Waals surface area contributed by atoms with Gasteiger partial charge in [-0.2, -0.15) is 0 Å². The van der Waals surface area contributed by atoms with E-state index in [1.165, 1.54) is 0 Å². The summed E-state index contributed by atoms with van der Waals surface area (Å²) in [5, 5.41) is 37.0. The van der Waals surface area contributed by atoms with Gasteiger partial charge in [-0.1, -0.05) is 13.8 Å². The van der Waals surface area contributed by atoms with Crippen molar-refractivity contribution in [3.8, 4) is 0 Å². The monoisotopic (exact) mass is 204 g/mol. The standard InChI is InChI=1S/C9H16O5/c1-4(2)9-8(13)7(12)6(11)5(3-10)14-9/h4-5,8-13H,3H2,1-2H3/t5?,8?,9-/m0/s1. The van der Waals surface area contributed by atoms with Gasteiger partial charge in [0.1, 0.15) is 12.2 Å². The van der Waals surface area contributed by atoms with Crippen LogP contribution in [-0.4, -0.2) is 45.3 Å². The van der Waals surface area contributed by atoms with Gasteiger partial charge in [-0.3, -0.25) is 0 Å².